The molecule has 4 N–H and O–H groups in total. The first-order valence-corrected chi connectivity index (χ1v) is 8.25. The molecule has 0 aliphatic heterocycles. The van der Waals surface area contributed by atoms with E-state index in [1.165, 1.54) is 12.1 Å². The first-order valence-electron chi connectivity index (χ1n) is 5.10. The molecule has 0 saturated carbocycles. The third-order valence-corrected chi connectivity index (χ3v) is 4.96. The van der Waals surface area contributed by atoms with Crippen LogP contribution in [0.4, 0.5) is 5.69 Å². The second-order valence-corrected chi connectivity index (χ2v) is 7.17. The van der Waals surface area contributed by atoms with E-state index in [4.69, 9.17) is 5.73 Å². The molecule has 0 unspecified atom stereocenters. The predicted octanol–water partition coefficient (Wildman–Crippen LogP) is 1.26. The molecule has 0 spiro atoms. The molecule has 0 aliphatic rings. The Morgan fingerprint density at radius 1 is 1.42 bits per heavy atom. The van der Waals surface area contributed by atoms with E-state index in [0.29, 0.717) is 10.2 Å². The first kappa shape index (κ1) is 14.3. The van der Waals surface area contributed by atoms with E-state index in [1.54, 1.807) is 11.4 Å². The number of sulfonamides is 1. The minimum Gasteiger partial charge on any atom is -0.398 e. The van der Waals surface area contributed by atoms with Gasteiger partial charge in [0.15, 0.2) is 0 Å². The van der Waals surface area contributed by atoms with Crippen molar-refractivity contribution in [3.63, 3.8) is 0 Å². The Bertz CT molecular complexity index is 751. The third kappa shape index (κ3) is 3.44. The smallest absolute Gasteiger partial charge is 0.304 e. The number of hydrogen-bond acceptors (Lipinski definition) is 5. The number of hydrogen-bond donors (Lipinski definition) is 3. The van der Waals surface area contributed by atoms with E-state index in [0.717, 1.165) is 11.3 Å². The molecule has 0 atom stereocenters. The molecular weight excluding hydrogens is 354 g/mol. The van der Waals surface area contributed by atoms with E-state index in [9.17, 15) is 13.2 Å². The molecule has 0 radical (unpaired) electrons. The van der Waals surface area contributed by atoms with Crippen LogP contribution in [0.15, 0.2) is 37.7 Å². The summed E-state index contributed by atoms with van der Waals surface area (Å²) >= 11 is 4.17. The van der Waals surface area contributed by atoms with Gasteiger partial charge in [-0.25, -0.2) is 13.1 Å². The van der Waals surface area contributed by atoms with E-state index < -0.39 is 10.0 Å². The largest absolute Gasteiger partial charge is 0.398 e. The van der Waals surface area contributed by atoms with Gasteiger partial charge < -0.3 is 10.7 Å². The number of aromatic amines is 1. The Kier molecular flexibility index (Phi) is 4.09. The van der Waals surface area contributed by atoms with Crippen LogP contribution in [0.25, 0.3) is 0 Å². The summed E-state index contributed by atoms with van der Waals surface area (Å²) in [6.45, 7) is 0.00697. The maximum atomic E-state index is 12.1. The number of aromatic nitrogens is 1. The van der Waals surface area contributed by atoms with Gasteiger partial charge in [0.25, 0.3) is 0 Å². The molecule has 0 fully saturated rings. The van der Waals surface area contributed by atoms with Crippen molar-refractivity contribution in [2.24, 2.45) is 0 Å². The molecular formula is C10H10BrN3O3S2. The molecule has 0 saturated heterocycles. The van der Waals surface area contributed by atoms with Crippen molar-refractivity contribution < 1.29 is 8.42 Å². The van der Waals surface area contributed by atoms with E-state index in [-0.39, 0.29) is 22.0 Å². The molecule has 1 aromatic heterocycles. The van der Waals surface area contributed by atoms with Gasteiger partial charge in [-0.05, 0) is 18.2 Å². The Balaban J connectivity index is 2.23. The van der Waals surface area contributed by atoms with Crippen LogP contribution in [-0.4, -0.2) is 13.4 Å². The Hall–Kier alpha value is -1.16. The summed E-state index contributed by atoms with van der Waals surface area (Å²) in [4.78, 5) is 13.2. The molecule has 0 aliphatic carbocycles. The topological polar surface area (TPSA) is 105 Å². The maximum absolute atomic E-state index is 12.1. The van der Waals surface area contributed by atoms with Crippen molar-refractivity contribution in [3.05, 3.63) is 43.4 Å². The highest BCUT2D eigenvalue weighted by Crippen LogP contribution is 2.22. The van der Waals surface area contributed by atoms with Crippen LogP contribution in [-0.2, 0) is 16.6 Å². The SMILES string of the molecule is Nc1ccc(Br)cc1S(=O)(=O)NCc1csc(=O)[nH]1. The third-order valence-electron chi connectivity index (χ3n) is 2.29. The van der Waals surface area contributed by atoms with Gasteiger partial charge in [-0.15, -0.1) is 0 Å². The van der Waals surface area contributed by atoms with Crippen molar-refractivity contribution in [2.45, 2.75) is 11.4 Å². The van der Waals surface area contributed by atoms with Crippen LogP contribution < -0.4 is 15.3 Å². The number of nitrogens with two attached hydrogens (primary N) is 1. The minimum atomic E-state index is -3.72. The van der Waals surface area contributed by atoms with Crippen LogP contribution >= 0.6 is 27.3 Å². The number of H-pyrrole nitrogens is 1. The summed E-state index contributed by atoms with van der Waals surface area (Å²) in [6.07, 6.45) is 0. The van der Waals surface area contributed by atoms with Gasteiger partial charge in [0.2, 0.25) is 10.0 Å². The molecule has 0 amide bonds. The lowest BCUT2D eigenvalue weighted by molar-refractivity contribution is 0.581. The molecule has 6 nitrogen and oxygen atoms in total. The van der Waals surface area contributed by atoms with Crippen LogP contribution in [0.3, 0.4) is 0 Å². The number of halogens is 1. The summed E-state index contributed by atoms with van der Waals surface area (Å²) < 4.78 is 27.2. The first-order chi connectivity index (χ1) is 8.88. The normalized spacial score (nSPS) is 11.6. The summed E-state index contributed by atoms with van der Waals surface area (Å²) in [7, 11) is -3.72. The second kappa shape index (κ2) is 5.45. The summed E-state index contributed by atoms with van der Waals surface area (Å²) in [6, 6.07) is 4.59. The lowest BCUT2D eigenvalue weighted by atomic mass is 10.3. The number of nitrogen functional groups attached to an aromatic ring is 1. The van der Waals surface area contributed by atoms with Gasteiger partial charge >= 0.3 is 4.87 Å². The standard InChI is InChI=1S/C10H10BrN3O3S2/c11-6-1-2-8(12)9(3-6)19(16,17)13-4-7-5-18-10(15)14-7/h1-3,5,13H,4,12H2,(H,14,15). The highest BCUT2D eigenvalue weighted by atomic mass is 79.9. The fourth-order valence-electron chi connectivity index (χ4n) is 1.39. The quantitative estimate of drug-likeness (QED) is 0.711. The number of benzene rings is 1. The average Bonchev–Trinajstić information content (AvgIpc) is 2.76. The number of anilines is 1. The molecule has 1 heterocycles. The fourth-order valence-corrected chi connectivity index (χ4v) is 3.65. The molecule has 2 aromatic rings. The summed E-state index contributed by atoms with van der Waals surface area (Å²) in [5.41, 5.74) is 6.32. The van der Waals surface area contributed by atoms with E-state index in [2.05, 4.69) is 25.6 Å². The Morgan fingerprint density at radius 2 is 2.16 bits per heavy atom. The van der Waals surface area contributed by atoms with Crippen molar-refractivity contribution in [2.75, 3.05) is 5.73 Å². The zero-order valence-corrected chi connectivity index (χ0v) is 12.7. The molecule has 2 rings (SSSR count). The molecule has 102 valence electrons. The minimum absolute atomic E-state index is 0.000508. The lowest BCUT2D eigenvalue weighted by Crippen LogP contribution is -2.24. The molecule has 19 heavy (non-hydrogen) atoms. The lowest BCUT2D eigenvalue weighted by Gasteiger charge is -2.08. The van der Waals surface area contributed by atoms with Crippen LogP contribution in [0.5, 0.6) is 0 Å². The van der Waals surface area contributed by atoms with Gasteiger partial charge in [-0.3, -0.25) is 4.79 Å². The van der Waals surface area contributed by atoms with Gasteiger partial charge in [-0.1, -0.05) is 27.3 Å². The molecule has 1 aromatic carbocycles. The van der Waals surface area contributed by atoms with Gasteiger partial charge in [0.1, 0.15) is 4.90 Å². The number of nitrogens with one attached hydrogen (secondary N) is 2. The highest BCUT2D eigenvalue weighted by molar-refractivity contribution is 9.10. The monoisotopic (exact) mass is 363 g/mol. The maximum Gasteiger partial charge on any atom is 0.304 e. The zero-order valence-electron chi connectivity index (χ0n) is 9.51. The highest BCUT2D eigenvalue weighted by Gasteiger charge is 2.17. The molecule has 0 bridgehead atoms. The van der Waals surface area contributed by atoms with Crippen molar-refractivity contribution >= 4 is 43.0 Å². The van der Waals surface area contributed by atoms with Gasteiger partial charge in [-0.2, -0.15) is 0 Å². The van der Waals surface area contributed by atoms with Crippen LogP contribution in [0.1, 0.15) is 5.69 Å². The van der Waals surface area contributed by atoms with E-state index in [1.807, 2.05) is 0 Å². The summed E-state index contributed by atoms with van der Waals surface area (Å²) in [5, 5.41) is 1.56. The fraction of sp³-hybridized carbons (Fsp3) is 0.100. The van der Waals surface area contributed by atoms with Gasteiger partial charge in [0, 0.05) is 15.5 Å². The van der Waals surface area contributed by atoms with Crippen LogP contribution in [0.2, 0.25) is 0 Å². The van der Waals surface area contributed by atoms with Crippen LogP contribution in [0, 0.1) is 0 Å². The Labute approximate surface area is 121 Å². The zero-order chi connectivity index (χ0) is 14.0. The van der Waals surface area contributed by atoms with E-state index >= 15 is 0 Å². The van der Waals surface area contributed by atoms with Crippen molar-refractivity contribution in [1.29, 1.82) is 0 Å². The predicted molar refractivity (Wildman–Crippen MR) is 77.5 cm³/mol. The molecule has 9 heteroatoms. The second-order valence-electron chi connectivity index (χ2n) is 3.68. The number of thiazole rings is 1. The Morgan fingerprint density at radius 3 is 2.79 bits per heavy atom. The van der Waals surface area contributed by atoms with Gasteiger partial charge in [0.05, 0.1) is 12.2 Å². The van der Waals surface area contributed by atoms with Crippen molar-refractivity contribution in [1.82, 2.24) is 9.71 Å². The average molecular weight is 364 g/mol. The number of rotatable bonds is 4. The van der Waals surface area contributed by atoms with Crippen molar-refractivity contribution in [3.8, 4) is 0 Å². The summed E-state index contributed by atoms with van der Waals surface area (Å²) in [5.74, 6) is 0.